The van der Waals surface area contributed by atoms with Crippen LogP contribution in [-0.2, 0) is 0 Å². The third-order valence-electron chi connectivity index (χ3n) is 3.98. The van der Waals surface area contributed by atoms with Crippen LogP contribution in [0.2, 0.25) is 0 Å². The Balaban J connectivity index is 2.39. The molecule has 0 fully saturated rings. The molecule has 0 aromatic heterocycles. The van der Waals surface area contributed by atoms with Gasteiger partial charge in [0.2, 0.25) is 0 Å². The molecule has 0 aliphatic rings. The first-order chi connectivity index (χ1) is 9.67. The van der Waals surface area contributed by atoms with Gasteiger partial charge in [0.05, 0.1) is 12.7 Å². The van der Waals surface area contributed by atoms with E-state index in [0.717, 1.165) is 34.9 Å². The van der Waals surface area contributed by atoms with E-state index >= 15 is 0 Å². The minimum absolute atomic E-state index is 0.517. The Hall–Kier alpha value is -1.54. The monoisotopic (exact) mass is 272 g/mol. The van der Waals surface area contributed by atoms with E-state index in [-0.39, 0.29) is 0 Å². The second-order valence-electron chi connectivity index (χ2n) is 5.37. The molecule has 0 radical (unpaired) electrons. The number of ether oxygens (including phenoxy) is 1. The van der Waals surface area contributed by atoms with Gasteiger partial charge in [-0.25, -0.2) is 0 Å². The molecule has 0 amide bonds. The minimum atomic E-state index is -0.517. The van der Waals surface area contributed by atoms with E-state index < -0.39 is 6.10 Å². The number of aliphatic hydroxyl groups is 1. The maximum Gasteiger partial charge on any atom is 0.132 e. The van der Waals surface area contributed by atoms with Crippen molar-refractivity contribution in [3.63, 3.8) is 0 Å². The summed E-state index contributed by atoms with van der Waals surface area (Å²) in [5, 5.41) is 12.2. The van der Waals surface area contributed by atoms with Crippen LogP contribution in [0.4, 0.5) is 0 Å². The molecular weight excluding hydrogens is 248 g/mol. The fraction of sp³-hybridized carbons (Fsp3) is 0.444. The molecule has 0 spiro atoms. The Bertz CT molecular complexity index is 556. The molecule has 2 aromatic rings. The van der Waals surface area contributed by atoms with E-state index in [4.69, 9.17) is 4.74 Å². The summed E-state index contributed by atoms with van der Waals surface area (Å²) in [7, 11) is 0. The van der Waals surface area contributed by atoms with Crippen LogP contribution in [0.25, 0.3) is 10.8 Å². The van der Waals surface area contributed by atoms with Crippen molar-refractivity contribution in [2.24, 2.45) is 5.92 Å². The Morgan fingerprint density at radius 1 is 1.05 bits per heavy atom. The van der Waals surface area contributed by atoms with Crippen molar-refractivity contribution < 1.29 is 9.84 Å². The van der Waals surface area contributed by atoms with Crippen molar-refractivity contribution in [3.05, 3.63) is 42.0 Å². The number of aliphatic hydroxyl groups excluding tert-OH is 1. The number of hydrogen-bond acceptors (Lipinski definition) is 2. The second-order valence-corrected chi connectivity index (χ2v) is 5.37. The summed E-state index contributed by atoms with van der Waals surface area (Å²) >= 11 is 0. The van der Waals surface area contributed by atoms with E-state index in [1.165, 1.54) is 0 Å². The van der Waals surface area contributed by atoms with Gasteiger partial charge in [-0.3, -0.25) is 0 Å². The van der Waals surface area contributed by atoms with Gasteiger partial charge in [-0.05, 0) is 18.2 Å². The molecule has 108 valence electrons. The Morgan fingerprint density at radius 3 is 2.40 bits per heavy atom. The third kappa shape index (κ3) is 3.13. The van der Waals surface area contributed by atoms with Crippen LogP contribution in [0.3, 0.4) is 0 Å². The van der Waals surface area contributed by atoms with E-state index in [1.54, 1.807) is 6.92 Å². The zero-order valence-corrected chi connectivity index (χ0v) is 12.6. The van der Waals surface area contributed by atoms with Gasteiger partial charge in [-0.15, -0.1) is 0 Å². The second kappa shape index (κ2) is 6.76. The summed E-state index contributed by atoms with van der Waals surface area (Å²) in [4.78, 5) is 0. The van der Waals surface area contributed by atoms with Gasteiger partial charge in [0, 0.05) is 10.9 Å². The van der Waals surface area contributed by atoms with Gasteiger partial charge in [-0.1, -0.05) is 63.1 Å². The van der Waals surface area contributed by atoms with Crippen LogP contribution in [0.1, 0.15) is 45.3 Å². The van der Waals surface area contributed by atoms with Gasteiger partial charge < -0.3 is 9.84 Å². The lowest BCUT2D eigenvalue weighted by molar-refractivity contribution is 0.185. The van der Waals surface area contributed by atoms with Crippen LogP contribution in [-0.4, -0.2) is 11.7 Å². The van der Waals surface area contributed by atoms with Crippen LogP contribution in [0.5, 0.6) is 5.75 Å². The lowest BCUT2D eigenvalue weighted by Crippen LogP contribution is -2.12. The van der Waals surface area contributed by atoms with Gasteiger partial charge in [-0.2, -0.15) is 0 Å². The van der Waals surface area contributed by atoms with Gasteiger partial charge >= 0.3 is 0 Å². The highest BCUT2D eigenvalue weighted by Crippen LogP contribution is 2.34. The Morgan fingerprint density at radius 2 is 1.75 bits per heavy atom. The largest absolute Gasteiger partial charge is 0.492 e. The van der Waals surface area contributed by atoms with Gasteiger partial charge in [0.25, 0.3) is 0 Å². The first-order valence-corrected chi connectivity index (χ1v) is 7.49. The smallest absolute Gasteiger partial charge is 0.132 e. The molecular formula is C18H24O2. The standard InChI is InChI=1S/C18H24O2/c1-4-14(5-2)12-20-18-16(13(3)19)11-10-15-8-6-7-9-17(15)18/h6-11,13-14,19H,4-5,12H2,1-3H3/t13-/m1/s1. The predicted molar refractivity (Wildman–Crippen MR) is 84.1 cm³/mol. The third-order valence-corrected chi connectivity index (χ3v) is 3.98. The van der Waals surface area contributed by atoms with Crippen LogP contribution < -0.4 is 4.74 Å². The molecule has 1 atom stereocenters. The van der Waals surface area contributed by atoms with E-state index in [2.05, 4.69) is 26.0 Å². The minimum Gasteiger partial charge on any atom is -0.492 e. The van der Waals surface area contributed by atoms with Crippen molar-refractivity contribution in [3.8, 4) is 5.75 Å². The highest BCUT2D eigenvalue weighted by atomic mass is 16.5. The molecule has 2 heteroatoms. The summed E-state index contributed by atoms with van der Waals surface area (Å²) < 4.78 is 6.10. The molecule has 2 aromatic carbocycles. The normalized spacial score (nSPS) is 12.8. The van der Waals surface area contributed by atoms with E-state index in [0.29, 0.717) is 12.5 Å². The zero-order valence-electron chi connectivity index (χ0n) is 12.6. The maximum absolute atomic E-state index is 9.96. The fourth-order valence-corrected chi connectivity index (χ4v) is 2.48. The molecule has 2 nitrogen and oxygen atoms in total. The average Bonchev–Trinajstić information content (AvgIpc) is 2.47. The van der Waals surface area contributed by atoms with Crippen molar-refractivity contribution in [2.75, 3.05) is 6.61 Å². The van der Waals surface area contributed by atoms with Crippen molar-refractivity contribution >= 4 is 10.8 Å². The van der Waals surface area contributed by atoms with Crippen molar-refractivity contribution in [1.82, 2.24) is 0 Å². The Labute approximate surface area is 121 Å². The highest BCUT2D eigenvalue weighted by molar-refractivity contribution is 5.89. The molecule has 1 N–H and O–H groups in total. The molecule has 0 saturated carbocycles. The van der Waals surface area contributed by atoms with Gasteiger partial charge in [0.15, 0.2) is 0 Å². The number of hydrogen-bond donors (Lipinski definition) is 1. The summed E-state index contributed by atoms with van der Waals surface area (Å²) in [5.41, 5.74) is 0.870. The fourth-order valence-electron chi connectivity index (χ4n) is 2.48. The van der Waals surface area contributed by atoms with Crippen LogP contribution >= 0.6 is 0 Å². The lowest BCUT2D eigenvalue weighted by Gasteiger charge is -2.19. The predicted octanol–water partition coefficient (Wildman–Crippen LogP) is 4.71. The summed E-state index contributed by atoms with van der Waals surface area (Å²) in [6.45, 7) is 6.88. The number of fused-ring (bicyclic) bond motifs is 1. The lowest BCUT2D eigenvalue weighted by atomic mass is 10.0. The molecule has 0 aliphatic heterocycles. The van der Waals surface area contributed by atoms with Crippen LogP contribution in [0.15, 0.2) is 36.4 Å². The number of rotatable bonds is 6. The maximum atomic E-state index is 9.96. The SMILES string of the molecule is CCC(CC)COc1c([C@@H](C)O)ccc2ccccc12. The summed E-state index contributed by atoms with van der Waals surface area (Å²) in [6, 6.07) is 12.2. The van der Waals surface area contributed by atoms with Crippen molar-refractivity contribution in [1.29, 1.82) is 0 Å². The molecule has 0 saturated heterocycles. The molecule has 0 bridgehead atoms. The summed E-state index contributed by atoms with van der Waals surface area (Å²) in [6.07, 6.45) is 1.72. The Kier molecular flexibility index (Phi) is 5.02. The van der Waals surface area contributed by atoms with E-state index in [1.807, 2.05) is 24.3 Å². The molecule has 2 rings (SSSR count). The zero-order chi connectivity index (χ0) is 14.5. The average molecular weight is 272 g/mol. The van der Waals surface area contributed by atoms with Crippen molar-refractivity contribution in [2.45, 2.75) is 39.7 Å². The molecule has 0 aliphatic carbocycles. The topological polar surface area (TPSA) is 29.5 Å². The first kappa shape index (κ1) is 14.9. The highest BCUT2D eigenvalue weighted by Gasteiger charge is 2.14. The van der Waals surface area contributed by atoms with E-state index in [9.17, 15) is 5.11 Å². The number of benzene rings is 2. The van der Waals surface area contributed by atoms with Crippen LogP contribution in [0, 0.1) is 5.92 Å². The molecule has 0 heterocycles. The quantitative estimate of drug-likeness (QED) is 0.825. The van der Waals surface area contributed by atoms with Gasteiger partial charge in [0.1, 0.15) is 5.75 Å². The molecule has 20 heavy (non-hydrogen) atoms. The first-order valence-electron chi connectivity index (χ1n) is 7.49. The summed E-state index contributed by atoms with van der Waals surface area (Å²) in [5.74, 6) is 1.40. The molecule has 0 unspecified atom stereocenters.